The lowest BCUT2D eigenvalue weighted by molar-refractivity contribution is 0.654. The zero-order valence-electron chi connectivity index (χ0n) is 17.6. The lowest BCUT2D eigenvalue weighted by Gasteiger charge is -2.32. The van der Waals surface area contributed by atoms with Gasteiger partial charge in [0.05, 0.1) is 11.4 Å². The highest BCUT2D eigenvalue weighted by Gasteiger charge is 2.24. The van der Waals surface area contributed by atoms with Crippen molar-refractivity contribution in [1.82, 2.24) is 4.98 Å². The van der Waals surface area contributed by atoms with E-state index in [2.05, 4.69) is 101 Å². The first-order valence-corrected chi connectivity index (χ1v) is 11.7. The Kier molecular flexibility index (Phi) is 4.08. The third kappa shape index (κ3) is 2.95. The second-order valence-electron chi connectivity index (χ2n) is 8.09. The summed E-state index contributed by atoms with van der Waals surface area (Å²) in [6.45, 7) is 0. The summed E-state index contributed by atoms with van der Waals surface area (Å²) in [6.07, 6.45) is 1.76. The maximum atomic E-state index is 5.89. The van der Waals surface area contributed by atoms with Crippen LogP contribution in [-0.2, 0) is 0 Å². The molecular weight excluding hydrogens is 424 g/mol. The van der Waals surface area contributed by atoms with Crippen LogP contribution in [0.3, 0.4) is 0 Å². The van der Waals surface area contributed by atoms with Crippen molar-refractivity contribution in [3.05, 3.63) is 109 Å². The Morgan fingerprint density at radius 2 is 1.33 bits per heavy atom. The first-order valence-electron chi connectivity index (χ1n) is 10.9. The maximum Gasteiger partial charge on any atom is 0.227 e. The van der Waals surface area contributed by atoms with Gasteiger partial charge in [-0.3, -0.25) is 0 Å². The monoisotopic (exact) mass is 442 g/mol. The van der Waals surface area contributed by atoms with Crippen molar-refractivity contribution in [2.24, 2.45) is 0 Å². The number of anilines is 3. The van der Waals surface area contributed by atoms with Crippen LogP contribution in [0.2, 0.25) is 0 Å². The van der Waals surface area contributed by atoms with Gasteiger partial charge in [-0.15, -0.1) is 0 Å². The highest BCUT2D eigenvalue weighted by molar-refractivity contribution is 7.99. The molecule has 0 bridgehead atoms. The number of fused-ring (bicyclic) bond motifs is 5. The maximum absolute atomic E-state index is 5.89. The standard InChI is InChI=1S/C29H18N2OS/c1-3-9-27-24(7-1)31(25-8-2-4-10-28(25)33-27)21-14-11-19(12-15-21)20-13-16-26-23(18-20)22-6-5-17-30-29(22)32-26/h1-18H. The third-order valence-electron chi connectivity index (χ3n) is 6.14. The molecule has 4 aromatic carbocycles. The van der Waals surface area contributed by atoms with Crippen molar-refractivity contribution in [2.45, 2.75) is 9.79 Å². The van der Waals surface area contributed by atoms with E-state index in [1.807, 2.05) is 23.9 Å². The van der Waals surface area contributed by atoms with Crippen LogP contribution in [0.5, 0.6) is 0 Å². The van der Waals surface area contributed by atoms with Gasteiger partial charge >= 0.3 is 0 Å². The van der Waals surface area contributed by atoms with Crippen LogP contribution < -0.4 is 4.90 Å². The van der Waals surface area contributed by atoms with Crippen molar-refractivity contribution >= 4 is 50.9 Å². The van der Waals surface area contributed by atoms with Gasteiger partial charge in [-0.05, 0) is 71.8 Å². The van der Waals surface area contributed by atoms with Gasteiger partial charge in [-0.1, -0.05) is 54.2 Å². The summed E-state index contributed by atoms with van der Waals surface area (Å²) in [5.41, 5.74) is 7.46. The first kappa shape index (κ1) is 18.5. The molecule has 33 heavy (non-hydrogen) atoms. The molecule has 0 saturated carbocycles. The van der Waals surface area contributed by atoms with E-state index in [1.165, 1.54) is 26.7 Å². The molecule has 0 saturated heterocycles. The molecule has 0 fully saturated rings. The number of hydrogen-bond acceptors (Lipinski definition) is 4. The van der Waals surface area contributed by atoms with Crippen molar-refractivity contribution in [1.29, 1.82) is 0 Å². The minimum atomic E-state index is 0.681. The Morgan fingerprint density at radius 3 is 2.09 bits per heavy atom. The van der Waals surface area contributed by atoms with Crippen molar-refractivity contribution in [3.8, 4) is 11.1 Å². The van der Waals surface area contributed by atoms with Gasteiger partial charge in [0.2, 0.25) is 5.71 Å². The zero-order valence-corrected chi connectivity index (χ0v) is 18.4. The van der Waals surface area contributed by atoms with Gasteiger partial charge < -0.3 is 9.32 Å². The Hall–Kier alpha value is -4.02. The molecule has 3 nitrogen and oxygen atoms in total. The second-order valence-corrected chi connectivity index (χ2v) is 9.17. The number of pyridine rings is 1. The van der Waals surface area contributed by atoms with Gasteiger partial charge in [0.1, 0.15) is 5.58 Å². The predicted octanol–water partition coefficient (Wildman–Crippen LogP) is 8.58. The molecule has 6 aromatic rings. The lowest BCUT2D eigenvalue weighted by Crippen LogP contribution is -2.14. The highest BCUT2D eigenvalue weighted by Crippen LogP contribution is 2.51. The smallest absolute Gasteiger partial charge is 0.227 e. The third-order valence-corrected chi connectivity index (χ3v) is 7.27. The van der Waals surface area contributed by atoms with Crippen LogP contribution >= 0.6 is 11.8 Å². The summed E-state index contributed by atoms with van der Waals surface area (Å²) in [6, 6.07) is 36.3. The van der Waals surface area contributed by atoms with Gasteiger partial charge in [0.25, 0.3) is 0 Å². The lowest BCUT2D eigenvalue weighted by atomic mass is 10.0. The first-order chi connectivity index (χ1) is 16.3. The molecule has 0 unspecified atom stereocenters. The summed E-state index contributed by atoms with van der Waals surface area (Å²) in [5.74, 6) is 0. The van der Waals surface area contributed by atoms with E-state index in [0.29, 0.717) is 5.71 Å². The van der Waals surface area contributed by atoms with Crippen LogP contribution in [0.4, 0.5) is 17.1 Å². The molecule has 156 valence electrons. The fraction of sp³-hybridized carbons (Fsp3) is 0. The fourth-order valence-corrected chi connectivity index (χ4v) is 5.63. The fourth-order valence-electron chi connectivity index (χ4n) is 4.58. The van der Waals surface area contributed by atoms with Crippen molar-refractivity contribution in [3.63, 3.8) is 0 Å². The number of hydrogen-bond donors (Lipinski definition) is 0. The minimum Gasteiger partial charge on any atom is -0.438 e. The number of rotatable bonds is 2. The molecule has 4 heteroatoms. The van der Waals surface area contributed by atoms with Crippen LogP contribution in [-0.4, -0.2) is 4.98 Å². The molecule has 0 atom stereocenters. The van der Waals surface area contributed by atoms with E-state index in [9.17, 15) is 0 Å². The predicted molar refractivity (Wildman–Crippen MR) is 136 cm³/mol. The molecule has 0 N–H and O–H groups in total. The highest BCUT2D eigenvalue weighted by atomic mass is 32.2. The Morgan fingerprint density at radius 1 is 0.636 bits per heavy atom. The topological polar surface area (TPSA) is 29.3 Å². The van der Waals surface area contributed by atoms with Gasteiger partial charge in [0, 0.05) is 32.4 Å². The molecule has 3 heterocycles. The molecule has 0 aliphatic carbocycles. The number of para-hydroxylation sites is 2. The summed E-state index contributed by atoms with van der Waals surface area (Å²) in [4.78, 5) is 9.24. The van der Waals surface area contributed by atoms with Crippen molar-refractivity contribution < 1.29 is 4.42 Å². The van der Waals surface area contributed by atoms with Crippen LogP contribution in [0.1, 0.15) is 0 Å². The molecule has 2 aromatic heterocycles. The largest absolute Gasteiger partial charge is 0.438 e. The summed E-state index contributed by atoms with van der Waals surface area (Å²) >= 11 is 1.83. The normalized spacial score (nSPS) is 12.7. The van der Waals surface area contributed by atoms with Crippen LogP contribution in [0, 0.1) is 0 Å². The molecule has 1 aliphatic heterocycles. The molecular formula is C29H18N2OS. The Labute approximate surface area is 195 Å². The van der Waals surface area contributed by atoms with Gasteiger partial charge in [-0.2, -0.15) is 0 Å². The minimum absolute atomic E-state index is 0.681. The SMILES string of the molecule is c1ccc2c(c1)Sc1ccccc1N2c1ccc(-c2ccc3oc4ncccc4c3c2)cc1. The summed E-state index contributed by atoms with van der Waals surface area (Å²) in [5, 5.41) is 2.14. The quantitative estimate of drug-likeness (QED) is 0.268. The number of benzene rings is 4. The number of furan rings is 1. The summed E-state index contributed by atoms with van der Waals surface area (Å²) in [7, 11) is 0. The number of aromatic nitrogens is 1. The molecule has 0 radical (unpaired) electrons. The van der Waals surface area contributed by atoms with E-state index in [1.54, 1.807) is 6.20 Å². The van der Waals surface area contributed by atoms with Gasteiger partial charge in [-0.25, -0.2) is 4.98 Å². The average molecular weight is 443 g/mol. The molecule has 7 rings (SSSR count). The molecule has 0 spiro atoms. The van der Waals surface area contributed by atoms with Crippen LogP contribution in [0.25, 0.3) is 33.2 Å². The average Bonchev–Trinajstić information content (AvgIpc) is 3.25. The van der Waals surface area contributed by atoms with E-state index < -0.39 is 0 Å². The van der Waals surface area contributed by atoms with Crippen LogP contribution in [0.15, 0.2) is 124 Å². The summed E-state index contributed by atoms with van der Waals surface area (Å²) < 4.78 is 5.89. The van der Waals surface area contributed by atoms with E-state index in [0.717, 1.165) is 27.6 Å². The van der Waals surface area contributed by atoms with E-state index in [4.69, 9.17) is 4.42 Å². The molecule has 1 aliphatic rings. The Balaban J connectivity index is 1.32. The van der Waals surface area contributed by atoms with E-state index >= 15 is 0 Å². The second kappa shape index (κ2) is 7.26. The van der Waals surface area contributed by atoms with E-state index in [-0.39, 0.29) is 0 Å². The van der Waals surface area contributed by atoms with Crippen molar-refractivity contribution in [2.75, 3.05) is 4.90 Å². The van der Waals surface area contributed by atoms with Gasteiger partial charge in [0.15, 0.2) is 0 Å². The zero-order chi connectivity index (χ0) is 21.8. The molecule has 0 amide bonds. The Bertz CT molecular complexity index is 1610. The number of nitrogens with zero attached hydrogens (tertiary/aromatic N) is 2.